The summed E-state index contributed by atoms with van der Waals surface area (Å²) < 4.78 is 5.89. The van der Waals surface area contributed by atoms with Crippen LogP contribution in [0.5, 0.6) is 5.75 Å². The smallest absolute Gasteiger partial charge is 0.277 e. The van der Waals surface area contributed by atoms with Crippen molar-refractivity contribution in [2.24, 2.45) is 0 Å². The average Bonchev–Trinajstić information content (AvgIpc) is 3.38. The number of ether oxygens (including phenoxy) is 1. The third-order valence-electron chi connectivity index (χ3n) is 5.20. The fourth-order valence-electron chi connectivity index (χ4n) is 3.39. The number of benzene rings is 2. The van der Waals surface area contributed by atoms with E-state index in [1.807, 2.05) is 72.8 Å². The predicted octanol–water partition coefficient (Wildman–Crippen LogP) is 5.61. The maximum absolute atomic E-state index is 12.9. The Morgan fingerprint density at radius 1 is 0.970 bits per heavy atom. The van der Waals surface area contributed by atoms with E-state index in [9.17, 15) is 4.79 Å². The molecule has 6 nitrogen and oxygen atoms in total. The van der Waals surface area contributed by atoms with Gasteiger partial charge in [0.05, 0.1) is 11.2 Å². The van der Waals surface area contributed by atoms with Crippen LogP contribution in [0.15, 0.2) is 90.6 Å². The number of nitrogens with zero attached hydrogens (tertiary/aromatic N) is 4. The maximum Gasteiger partial charge on any atom is 0.277 e. The summed E-state index contributed by atoms with van der Waals surface area (Å²) in [6, 6.07) is 23.2. The second-order valence-electron chi connectivity index (χ2n) is 7.42. The van der Waals surface area contributed by atoms with Crippen LogP contribution >= 0.6 is 11.3 Å². The van der Waals surface area contributed by atoms with Crippen LogP contribution in [0.25, 0.3) is 21.5 Å². The Balaban J connectivity index is 1.24. The van der Waals surface area contributed by atoms with Gasteiger partial charge in [-0.05, 0) is 48.5 Å². The molecule has 0 unspecified atom stereocenters. The van der Waals surface area contributed by atoms with E-state index in [4.69, 9.17) is 4.74 Å². The summed E-state index contributed by atoms with van der Waals surface area (Å²) >= 11 is 1.43. The van der Waals surface area contributed by atoms with Crippen molar-refractivity contribution in [2.45, 2.75) is 6.61 Å². The molecule has 0 spiro atoms. The first kappa shape index (κ1) is 20.8. The Labute approximate surface area is 195 Å². The normalized spacial score (nSPS) is 10.8. The first-order chi connectivity index (χ1) is 16.2. The molecule has 2 aromatic carbocycles. The quantitative estimate of drug-likeness (QED) is 0.335. The number of carbonyl (C=O) groups is 1. The van der Waals surface area contributed by atoms with Gasteiger partial charge in [0.25, 0.3) is 5.91 Å². The van der Waals surface area contributed by atoms with Gasteiger partial charge in [-0.3, -0.25) is 9.78 Å². The van der Waals surface area contributed by atoms with Crippen LogP contribution in [0.4, 0.5) is 5.69 Å². The van der Waals surface area contributed by atoms with Crippen LogP contribution in [-0.2, 0) is 6.61 Å². The lowest BCUT2D eigenvalue weighted by atomic mass is 10.2. The van der Waals surface area contributed by atoms with Crippen LogP contribution in [0.1, 0.15) is 16.2 Å². The lowest BCUT2D eigenvalue weighted by Gasteiger charge is -2.16. The fraction of sp³-hybridized carbons (Fsp3) is 0.0769. The molecule has 0 aliphatic heterocycles. The zero-order valence-electron chi connectivity index (χ0n) is 17.9. The zero-order valence-corrected chi connectivity index (χ0v) is 18.7. The van der Waals surface area contributed by atoms with E-state index in [2.05, 4.69) is 15.0 Å². The van der Waals surface area contributed by atoms with Crippen molar-refractivity contribution in [3.05, 3.63) is 102 Å². The second kappa shape index (κ2) is 9.18. The lowest BCUT2D eigenvalue weighted by Crippen LogP contribution is -2.26. The Bertz CT molecular complexity index is 1400. The van der Waals surface area contributed by atoms with Crippen molar-refractivity contribution >= 4 is 33.8 Å². The van der Waals surface area contributed by atoms with Crippen LogP contribution in [-0.4, -0.2) is 27.9 Å². The minimum absolute atomic E-state index is 0.171. The molecule has 0 aliphatic rings. The highest BCUT2D eigenvalue weighted by molar-refractivity contribution is 7.13. The lowest BCUT2D eigenvalue weighted by molar-refractivity contribution is 0.0989. The predicted molar refractivity (Wildman–Crippen MR) is 131 cm³/mol. The molecule has 0 saturated heterocycles. The number of hydrogen-bond acceptors (Lipinski definition) is 6. The minimum Gasteiger partial charge on any atom is -0.487 e. The van der Waals surface area contributed by atoms with Gasteiger partial charge < -0.3 is 9.64 Å². The highest BCUT2D eigenvalue weighted by atomic mass is 32.1. The van der Waals surface area contributed by atoms with Crippen molar-refractivity contribution < 1.29 is 9.53 Å². The van der Waals surface area contributed by atoms with Crippen LogP contribution in [0.2, 0.25) is 0 Å². The Morgan fingerprint density at radius 2 is 1.82 bits per heavy atom. The summed E-state index contributed by atoms with van der Waals surface area (Å²) in [6.07, 6.45) is 3.45. The molecule has 0 radical (unpaired) electrons. The van der Waals surface area contributed by atoms with Crippen molar-refractivity contribution in [1.82, 2.24) is 15.0 Å². The van der Waals surface area contributed by atoms with Crippen molar-refractivity contribution in [2.75, 3.05) is 11.9 Å². The van der Waals surface area contributed by atoms with Gasteiger partial charge in [0.1, 0.15) is 23.1 Å². The Hall–Kier alpha value is -4.10. The highest BCUT2D eigenvalue weighted by Gasteiger charge is 2.17. The standard InChI is InChI=1S/C26H20N4O2S/c1-30(26(31)24-17-33-25(29-24)19-6-4-14-27-15-19)21-10-12-22(13-11-21)32-16-20-9-8-18-5-2-3-7-23(18)28-20/h2-15,17H,16H2,1H3. The number of thiazole rings is 1. The highest BCUT2D eigenvalue weighted by Crippen LogP contribution is 2.25. The number of pyridine rings is 2. The van der Waals surface area contributed by atoms with Crippen LogP contribution < -0.4 is 9.64 Å². The second-order valence-corrected chi connectivity index (χ2v) is 8.28. The van der Waals surface area contributed by atoms with E-state index in [0.29, 0.717) is 18.1 Å². The molecule has 3 heterocycles. The Morgan fingerprint density at radius 3 is 2.64 bits per heavy atom. The molecular weight excluding hydrogens is 432 g/mol. The van der Waals surface area contributed by atoms with Gasteiger partial charge >= 0.3 is 0 Å². The average molecular weight is 453 g/mol. The summed E-state index contributed by atoms with van der Waals surface area (Å²) in [5.74, 6) is 0.539. The number of rotatable bonds is 6. The van der Waals surface area contributed by atoms with Gasteiger partial charge in [-0.15, -0.1) is 11.3 Å². The number of fused-ring (bicyclic) bond motifs is 1. The molecule has 5 aromatic rings. The number of carbonyl (C=O) groups excluding carboxylic acids is 1. The van der Waals surface area contributed by atoms with Crippen LogP contribution in [0, 0.1) is 0 Å². The SMILES string of the molecule is CN(C(=O)c1csc(-c2cccnc2)n1)c1ccc(OCc2ccc3ccccc3n2)cc1. The summed E-state index contributed by atoms with van der Waals surface area (Å²) in [4.78, 5) is 27.7. The van der Waals surface area contributed by atoms with E-state index in [1.165, 1.54) is 11.3 Å². The van der Waals surface area contributed by atoms with Gasteiger partial charge in [-0.1, -0.05) is 24.3 Å². The molecule has 162 valence electrons. The molecule has 0 aliphatic carbocycles. The third-order valence-corrected chi connectivity index (χ3v) is 6.09. The number of para-hydroxylation sites is 1. The zero-order chi connectivity index (χ0) is 22.6. The van der Waals surface area contributed by atoms with Crippen molar-refractivity contribution in [3.8, 4) is 16.3 Å². The number of anilines is 1. The van der Waals surface area contributed by atoms with E-state index in [-0.39, 0.29) is 5.91 Å². The summed E-state index contributed by atoms with van der Waals surface area (Å²) in [6.45, 7) is 0.370. The van der Waals surface area contributed by atoms with Gasteiger partial charge in [0.15, 0.2) is 0 Å². The van der Waals surface area contributed by atoms with E-state index < -0.39 is 0 Å². The molecule has 5 rings (SSSR count). The molecule has 33 heavy (non-hydrogen) atoms. The molecule has 7 heteroatoms. The molecule has 1 amide bonds. The summed E-state index contributed by atoms with van der Waals surface area (Å²) in [7, 11) is 1.74. The molecule has 0 saturated carbocycles. The maximum atomic E-state index is 12.9. The van der Waals surface area contributed by atoms with Gasteiger partial charge in [0, 0.05) is 41.5 Å². The van der Waals surface area contributed by atoms with E-state index in [0.717, 1.165) is 32.9 Å². The van der Waals surface area contributed by atoms with Gasteiger partial charge in [-0.25, -0.2) is 9.97 Å². The monoisotopic (exact) mass is 452 g/mol. The molecule has 0 fully saturated rings. The molecular formula is C26H20N4O2S. The molecule has 0 bridgehead atoms. The third kappa shape index (κ3) is 4.58. The van der Waals surface area contributed by atoms with E-state index in [1.54, 1.807) is 29.7 Å². The summed E-state index contributed by atoms with van der Waals surface area (Å²) in [5, 5.41) is 3.65. The molecule has 0 N–H and O–H groups in total. The van der Waals surface area contributed by atoms with Gasteiger partial charge in [0.2, 0.25) is 0 Å². The minimum atomic E-state index is -0.171. The fourth-order valence-corrected chi connectivity index (χ4v) is 4.18. The molecule has 0 atom stereocenters. The van der Waals surface area contributed by atoms with Crippen molar-refractivity contribution in [1.29, 1.82) is 0 Å². The number of hydrogen-bond donors (Lipinski definition) is 0. The number of aromatic nitrogens is 3. The van der Waals surface area contributed by atoms with Crippen molar-refractivity contribution in [3.63, 3.8) is 0 Å². The summed E-state index contributed by atoms with van der Waals surface area (Å²) in [5.41, 5.74) is 3.86. The largest absolute Gasteiger partial charge is 0.487 e. The molecule has 3 aromatic heterocycles. The Kier molecular flexibility index (Phi) is 5.78. The number of amides is 1. The first-order valence-electron chi connectivity index (χ1n) is 10.4. The van der Waals surface area contributed by atoms with E-state index >= 15 is 0 Å². The van der Waals surface area contributed by atoms with Crippen LogP contribution in [0.3, 0.4) is 0 Å². The van der Waals surface area contributed by atoms with Gasteiger partial charge in [-0.2, -0.15) is 0 Å². The first-order valence-corrected chi connectivity index (χ1v) is 11.3. The topological polar surface area (TPSA) is 68.2 Å².